The van der Waals surface area contributed by atoms with E-state index in [-0.39, 0.29) is 5.84 Å². The molecule has 0 saturated heterocycles. The smallest absolute Gasteiger partial charge is 0.190 e. The van der Waals surface area contributed by atoms with Crippen molar-refractivity contribution in [2.75, 3.05) is 32.1 Å². The largest absolute Gasteiger partial charge is 0.409 e. The van der Waals surface area contributed by atoms with Crippen LogP contribution >= 0.6 is 0 Å². The minimum Gasteiger partial charge on any atom is -0.409 e. The van der Waals surface area contributed by atoms with E-state index in [1.54, 1.807) is 6.20 Å². The van der Waals surface area contributed by atoms with Crippen molar-refractivity contribution in [1.82, 2.24) is 14.9 Å². The Kier molecular flexibility index (Phi) is 5.50. The summed E-state index contributed by atoms with van der Waals surface area (Å²) in [6, 6.07) is 0.323. The van der Waals surface area contributed by atoms with Crippen molar-refractivity contribution in [3.8, 4) is 0 Å². The third kappa shape index (κ3) is 4.06. The highest BCUT2D eigenvalue weighted by Crippen LogP contribution is 2.13. The van der Waals surface area contributed by atoms with E-state index in [9.17, 15) is 0 Å². The highest BCUT2D eigenvalue weighted by Gasteiger charge is 2.15. The van der Waals surface area contributed by atoms with E-state index in [0.29, 0.717) is 11.7 Å². The van der Waals surface area contributed by atoms with Gasteiger partial charge in [0.2, 0.25) is 0 Å². The van der Waals surface area contributed by atoms with Crippen LogP contribution in [0.2, 0.25) is 0 Å². The van der Waals surface area contributed by atoms with E-state index in [4.69, 9.17) is 10.9 Å². The summed E-state index contributed by atoms with van der Waals surface area (Å²) >= 11 is 0. The third-order valence-corrected chi connectivity index (χ3v) is 2.80. The maximum Gasteiger partial charge on any atom is 0.190 e. The average molecular weight is 266 g/mol. The van der Waals surface area contributed by atoms with Crippen LogP contribution in [0, 0.1) is 0 Å². The number of aromatic nitrogens is 2. The fourth-order valence-corrected chi connectivity index (χ4v) is 1.98. The highest BCUT2D eigenvalue weighted by atomic mass is 16.4. The van der Waals surface area contributed by atoms with Crippen molar-refractivity contribution >= 4 is 11.7 Å². The molecule has 1 rings (SSSR count). The van der Waals surface area contributed by atoms with Gasteiger partial charge in [0.1, 0.15) is 11.5 Å². The Hall–Kier alpha value is -1.89. The van der Waals surface area contributed by atoms with Crippen molar-refractivity contribution < 1.29 is 5.21 Å². The molecule has 1 aromatic heterocycles. The van der Waals surface area contributed by atoms with Crippen molar-refractivity contribution in [3.63, 3.8) is 0 Å². The molecular weight excluding hydrogens is 244 g/mol. The summed E-state index contributed by atoms with van der Waals surface area (Å²) in [5.41, 5.74) is 5.82. The summed E-state index contributed by atoms with van der Waals surface area (Å²) in [4.78, 5) is 12.8. The van der Waals surface area contributed by atoms with Gasteiger partial charge in [-0.15, -0.1) is 0 Å². The second kappa shape index (κ2) is 6.89. The lowest BCUT2D eigenvalue weighted by atomic mass is 10.2. The van der Waals surface area contributed by atoms with Crippen LogP contribution in [0.4, 0.5) is 5.82 Å². The van der Waals surface area contributed by atoms with Crippen molar-refractivity contribution in [2.45, 2.75) is 19.9 Å². The monoisotopic (exact) mass is 266 g/mol. The van der Waals surface area contributed by atoms with Crippen LogP contribution < -0.4 is 10.6 Å². The molecule has 0 aromatic carbocycles. The zero-order valence-corrected chi connectivity index (χ0v) is 11.9. The number of oxime groups is 1. The predicted molar refractivity (Wildman–Crippen MR) is 75.6 cm³/mol. The first kappa shape index (κ1) is 15.2. The van der Waals surface area contributed by atoms with Gasteiger partial charge in [-0.3, -0.25) is 0 Å². The van der Waals surface area contributed by atoms with Crippen molar-refractivity contribution in [2.24, 2.45) is 10.9 Å². The number of hydrogen-bond acceptors (Lipinski definition) is 6. The third-order valence-electron chi connectivity index (χ3n) is 2.80. The Morgan fingerprint density at radius 3 is 2.53 bits per heavy atom. The fraction of sp³-hybridized carbons (Fsp3) is 0.583. The molecule has 0 aliphatic rings. The molecule has 7 heteroatoms. The second-order valence-electron chi connectivity index (χ2n) is 4.64. The fourth-order valence-electron chi connectivity index (χ4n) is 1.98. The first-order valence-corrected chi connectivity index (χ1v) is 6.20. The van der Waals surface area contributed by atoms with Gasteiger partial charge in [-0.05, 0) is 27.9 Å². The quantitative estimate of drug-likeness (QED) is 0.334. The van der Waals surface area contributed by atoms with E-state index in [0.717, 1.165) is 18.9 Å². The number of nitrogens with zero attached hydrogens (tertiary/aromatic N) is 5. The summed E-state index contributed by atoms with van der Waals surface area (Å²) in [7, 11) is 4.08. The molecule has 0 radical (unpaired) electrons. The lowest BCUT2D eigenvalue weighted by molar-refractivity contribution is 0.318. The normalized spacial score (nSPS) is 13.6. The van der Waals surface area contributed by atoms with Crippen LogP contribution in [0.15, 0.2) is 17.5 Å². The van der Waals surface area contributed by atoms with Crippen LogP contribution in [-0.2, 0) is 0 Å². The standard InChI is InChI=1S/C12H22N6O/c1-5-18(9(2)8-17(3)4)11-7-14-10(6-15-11)12(13)16-19/h6-7,9,19H,5,8H2,1-4H3,(H2,13,16). The average Bonchev–Trinajstić information content (AvgIpc) is 2.38. The molecule has 1 atom stereocenters. The van der Waals surface area contributed by atoms with Gasteiger partial charge in [-0.25, -0.2) is 9.97 Å². The van der Waals surface area contributed by atoms with Crippen LogP contribution in [-0.4, -0.2) is 59.1 Å². The molecule has 0 spiro atoms. The zero-order valence-electron chi connectivity index (χ0n) is 11.9. The summed E-state index contributed by atoms with van der Waals surface area (Å²) in [6.07, 6.45) is 3.15. The summed E-state index contributed by atoms with van der Waals surface area (Å²) in [5, 5.41) is 11.5. The predicted octanol–water partition coefficient (Wildman–Crippen LogP) is 0.348. The molecular formula is C12H22N6O. The molecule has 7 nitrogen and oxygen atoms in total. The maximum absolute atomic E-state index is 8.58. The second-order valence-corrected chi connectivity index (χ2v) is 4.64. The summed E-state index contributed by atoms with van der Waals surface area (Å²) < 4.78 is 0. The SMILES string of the molecule is CCN(c1cnc(C(N)=NO)cn1)C(C)CN(C)C. The van der Waals surface area contributed by atoms with E-state index >= 15 is 0 Å². The minimum atomic E-state index is -0.0385. The molecule has 1 heterocycles. The molecule has 0 aliphatic carbocycles. The van der Waals surface area contributed by atoms with E-state index in [2.05, 4.69) is 38.8 Å². The van der Waals surface area contributed by atoms with Gasteiger partial charge in [-0.2, -0.15) is 0 Å². The Balaban J connectivity index is 2.88. The highest BCUT2D eigenvalue weighted by molar-refractivity contribution is 5.94. The van der Waals surface area contributed by atoms with Crippen LogP contribution in [0.25, 0.3) is 0 Å². The van der Waals surface area contributed by atoms with Gasteiger partial charge in [0.05, 0.1) is 12.4 Å². The molecule has 106 valence electrons. The molecule has 1 unspecified atom stereocenters. The van der Waals surface area contributed by atoms with E-state index < -0.39 is 0 Å². The van der Waals surface area contributed by atoms with E-state index in [1.165, 1.54) is 6.20 Å². The summed E-state index contributed by atoms with van der Waals surface area (Å²) in [5.74, 6) is 0.745. The maximum atomic E-state index is 8.58. The van der Waals surface area contributed by atoms with Crippen LogP contribution in [0.1, 0.15) is 19.5 Å². The lowest BCUT2D eigenvalue weighted by Gasteiger charge is -2.30. The molecule has 19 heavy (non-hydrogen) atoms. The Morgan fingerprint density at radius 2 is 2.11 bits per heavy atom. The first-order chi connectivity index (χ1) is 8.99. The summed E-state index contributed by atoms with van der Waals surface area (Å²) in [6.45, 7) is 5.98. The number of likely N-dealkylation sites (N-methyl/N-ethyl adjacent to an activating group) is 2. The van der Waals surface area contributed by atoms with Gasteiger partial charge < -0.3 is 20.7 Å². The number of rotatable bonds is 6. The Labute approximate surface area is 113 Å². The van der Waals surface area contributed by atoms with Crippen LogP contribution in [0.3, 0.4) is 0 Å². The lowest BCUT2D eigenvalue weighted by Crippen LogP contribution is -2.40. The zero-order chi connectivity index (χ0) is 14.4. The Bertz CT molecular complexity index is 417. The number of amidine groups is 1. The number of nitrogens with two attached hydrogens (primary N) is 1. The van der Waals surface area contributed by atoms with Gasteiger partial charge in [-0.1, -0.05) is 5.16 Å². The topological polar surface area (TPSA) is 90.9 Å². The van der Waals surface area contributed by atoms with Gasteiger partial charge in [0, 0.05) is 19.1 Å². The minimum absolute atomic E-state index is 0.0385. The van der Waals surface area contributed by atoms with Crippen molar-refractivity contribution in [1.29, 1.82) is 0 Å². The molecule has 0 amide bonds. The number of anilines is 1. The molecule has 0 fully saturated rings. The van der Waals surface area contributed by atoms with Gasteiger partial charge in [0.25, 0.3) is 0 Å². The van der Waals surface area contributed by atoms with Crippen molar-refractivity contribution in [3.05, 3.63) is 18.1 Å². The van der Waals surface area contributed by atoms with Gasteiger partial charge >= 0.3 is 0 Å². The Morgan fingerprint density at radius 1 is 1.42 bits per heavy atom. The molecule has 0 bridgehead atoms. The molecule has 1 aromatic rings. The first-order valence-electron chi connectivity index (χ1n) is 6.20. The number of hydrogen-bond donors (Lipinski definition) is 2. The molecule has 0 saturated carbocycles. The van der Waals surface area contributed by atoms with E-state index in [1.807, 2.05) is 14.1 Å². The van der Waals surface area contributed by atoms with Gasteiger partial charge in [0.15, 0.2) is 5.84 Å². The molecule has 0 aliphatic heterocycles. The molecule has 3 N–H and O–H groups in total. The van der Waals surface area contributed by atoms with Crippen LogP contribution in [0.5, 0.6) is 0 Å².